The molecule has 2 aromatic heterocycles. The number of allylic oxidation sites excluding steroid dienone is 1. The Labute approximate surface area is 166 Å². The largest absolute Gasteiger partial charge is 0.344 e. The zero-order valence-corrected chi connectivity index (χ0v) is 16.4. The highest BCUT2D eigenvalue weighted by Gasteiger charge is 2.16. The standard InChI is InChI=1S/C26H24N2/c1-6-12-24-20(8-3)22-17-18(15-16-25(22)27(24)5)28-23(9-4)19(7-2)21-13-10-11-14-26(21)28/h6-17H,2-4H2,1,5H3/b12-6-. The molecule has 0 atom stereocenters. The fourth-order valence-electron chi connectivity index (χ4n) is 4.17. The number of para-hydroxylation sites is 1. The third-order valence-electron chi connectivity index (χ3n) is 5.41. The second-order valence-electron chi connectivity index (χ2n) is 6.82. The van der Waals surface area contributed by atoms with Crippen molar-refractivity contribution in [2.45, 2.75) is 6.92 Å². The van der Waals surface area contributed by atoms with E-state index in [0.29, 0.717) is 0 Å². The molecule has 0 fully saturated rings. The predicted molar refractivity (Wildman–Crippen MR) is 125 cm³/mol. The summed E-state index contributed by atoms with van der Waals surface area (Å²) in [6.45, 7) is 14.2. The number of fused-ring (bicyclic) bond motifs is 2. The molecule has 0 aliphatic rings. The number of rotatable bonds is 5. The number of aromatic nitrogens is 2. The quantitative estimate of drug-likeness (QED) is 0.358. The highest BCUT2D eigenvalue weighted by Crippen LogP contribution is 2.34. The molecule has 2 heterocycles. The van der Waals surface area contributed by atoms with Crippen molar-refractivity contribution in [3.63, 3.8) is 0 Å². The summed E-state index contributed by atoms with van der Waals surface area (Å²) in [6, 6.07) is 15.0. The lowest BCUT2D eigenvalue weighted by Crippen LogP contribution is -1.97. The lowest BCUT2D eigenvalue weighted by atomic mass is 10.1. The van der Waals surface area contributed by atoms with Gasteiger partial charge in [0.25, 0.3) is 0 Å². The number of aryl methyl sites for hydroxylation is 1. The molecule has 28 heavy (non-hydrogen) atoms. The average Bonchev–Trinajstić information content (AvgIpc) is 3.19. The zero-order chi connectivity index (χ0) is 19.8. The highest BCUT2D eigenvalue weighted by molar-refractivity contribution is 5.98. The van der Waals surface area contributed by atoms with Crippen LogP contribution in [0.3, 0.4) is 0 Å². The van der Waals surface area contributed by atoms with E-state index >= 15 is 0 Å². The first-order valence-electron chi connectivity index (χ1n) is 9.42. The Hall–Kier alpha value is -3.52. The maximum Gasteiger partial charge on any atom is 0.0541 e. The van der Waals surface area contributed by atoms with Crippen LogP contribution in [0.25, 0.3) is 51.8 Å². The smallest absolute Gasteiger partial charge is 0.0541 e. The van der Waals surface area contributed by atoms with Gasteiger partial charge in [0, 0.05) is 45.8 Å². The van der Waals surface area contributed by atoms with Gasteiger partial charge in [0.1, 0.15) is 0 Å². The van der Waals surface area contributed by atoms with E-state index in [-0.39, 0.29) is 0 Å². The highest BCUT2D eigenvalue weighted by atomic mass is 15.0. The molecule has 0 unspecified atom stereocenters. The van der Waals surface area contributed by atoms with Crippen molar-refractivity contribution in [3.05, 3.63) is 90.8 Å². The van der Waals surface area contributed by atoms with Crippen molar-refractivity contribution >= 4 is 46.1 Å². The lowest BCUT2D eigenvalue weighted by Gasteiger charge is -2.10. The predicted octanol–water partition coefficient (Wildman–Crippen LogP) is 7.08. The third-order valence-corrected chi connectivity index (χ3v) is 5.41. The summed E-state index contributed by atoms with van der Waals surface area (Å²) in [7, 11) is 2.10. The first kappa shape index (κ1) is 17.9. The van der Waals surface area contributed by atoms with E-state index in [1.165, 1.54) is 16.3 Å². The van der Waals surface area contributed by atoms with Gasteiger partial charge in [-0.2, -0.15) is 0 Å². The summed E-state index contributed by atoms with van der Waals surface area (Å²) in [4.78, 5) is 0. The van der Waals surface area contributed by atoms with Crippen LogP contribution in [0, 0.1) is 0 Å². The van der Waals surface area contributed by atoms with Crippen LogP contribution < -0.4 is 0 Å². The summed E-state index contributed by atoms with van der Waals surface area (Å²) < 4.78 is 4.47. The van der Waals surface area contributed by atoms with Crippen molar-refractivity contribution in [1.29, 1.82) is 0 Å². The minimum atomic E-state index is 1.06. The van der Waals surface area contributed by atoms with Crippen LogP contribution in [-0.2, 0) is 7.05 Å². The normalized spacial score (nSPS) is 11.5. The second-order valence-corrected chi connectivity index (χ2v) is 6.82. The topological polar surface area (TPSA) is 9.86 Å². The summed E-state index contributed by atoms with van der Waals surface area (Å²) in [6.07, 6.45) is 9.96. The molecule has 138 valence electrons. The van der Waals surface area contributed by atoms with Crippen LogP contribution in [0.1, 0.15) is 29.4 Å². The Morgan fingerprint density at radius 2 is 1.50 bits per heavy atom. The summed E-state index contributed by atoms with van der Waals surface area (Å²) in [5.41, 5.74) is 7.92. The van der Waals surface area contributed by atoms with E-state index < -0.39 is 0 Å². The van der Waals surface area contributed by atoms with Gasteiger partial charge >= 0.3 is 0 Å². The SMILES string of the molecule is C=Cc1c(/C=C\C)n(C)c2ccc(-n3c(C=C)c(C=C)c4ccccc43)cc12. The van der Waals surface area contributed by atoms with Crippen molar-refractivity contribution in [2.24, 2.45) is 7.05 Å². The van der Waals surface area contributed by atoms with E-state index in [9.17, 15) is 0 Å². The van der Waals surface area contributed by atoms with Gasteiger partial charge in [0.2, 0.25) is 0 Å². The molecule has 0 aliphatic heterocycles. The Morgan fingerprint density at radius 1 is 0.786 bits per heavy atom. The van der Waals surface area contributed by atoms with Gasteiger partial charge in [-0.25, -0.2) is 0 Å². The Balaban J connectivity index is 2.10. The van der Waals surface area contributed by atoms with Crippen LogP contribution in [0.4, 0.5) is 0 Å². The molecule has 0 aliphatic carbocycles. The fraction of sp³-hybridized carbons (Fsp3) is 0.0769. The van der Waals surface area contributed by atoms with Crippen LogP contribution in [0.5, 0.6) is 0 Å². The Kier molecular flexibility index (Phi) is 4.40. The summed E-state index contributed by atoms with van der Waals surface area (Å²) in [5.74, 6) is 0. The molecule has 2 aromatic carbocycles. The van der Waals surface area contributed by atoms with Crippen LogP contribution in [-0.4, -0.2) is 9.13 Å². The fourth-order valence-corrected chi connectivity index (χ4v) is 4.17. The molecule has 4 rings (SSSR count). The molecule has 4 aromatic rings. The maximum absolute atomic E-state index is 4.06. The number of benzene rings is 2. The minimum Gasteiger partial charge on any atom is -0.344 e. The molecular formula is C26H24N2. The Bertz CT molecular complexity index is 1280. The van der Waals surface area contributed by atoms with Crippen LogP contribution in [0.15, 0.2) is 68.3 Å². The monoisotopic (exact) mass is 364 g/mol. The summed E-state index contributed by atoms with van der Waals surface area (Å²) in [5, 5.41) is 2.37. The van der Waals surface area contributed by atoms with E-state index in [2.05, 4.69) is 90.5 Å². The average molecular weight is 364 g/mol. The molecule has 0 saturated carbocycles. The van der Waals surface area contributed by atoms with Crippen LogP contribution in [0.2, 0.25) is 0 Å². The molecule has 0 amide bonds. The van der Waals surface area contributed by atoms with Crippen molar-refractivity contribution in [2.75, 3.05) is 0 Å². The second kappa shape index (κ2) is 6.90. The number of nitrogens with zero attached hydrogens (tertiary/aromatic N) is 2. The molecule has 0 saturated heterocycles. The molecule has 2 heteroatoms. The molecule has 0 bridgehead atoms. The van der Waals surface area contributed by atoms with Crippen LogP contribution >= 0.6 is 0 Å². The van der Waals surface area contributed by atoms with Crippen molar-refractivity contribution in [1.82, 2.24) is 9.13 Å². The van der Waals surface area contributed by atoms with Crippen molar-refractivity contribution < 1.29 is 0 Å². The Morgan fingerprint density at radius 3 is 2.18 bits per heavy atom. The van der Waals surface area contributed by atoms with Gasteiger partial charge in [-0.3, -0.25) is 0 Å². The summed E-state index contributed by atoms with van der Waals surface area (Å²) >= 11 is 0. The van der Waals surface area contributed by atoms with E-state index in [4.69, 9.17) is 0 Å². The third kappa shape index (κ3) is 2.42. The molecule has 0 radical (unpaired) electrons. The zero-order valence-electron chi connectivity index (χ0n) is 16.4. The van der Waals surface area contributed by atoms with Gasteiger partial charge in [0.15, 0.2) is 0 Å². The molecule has 2 nitrogen and oxygen atoms in total. The van der Waals surface area contributed by atoms with E-state index in [1.807, 2.05) is 25.2 Å². The van der Waals surface area contributed by atoms with Gasteiger partial charge in [-0.15, -0.1) is 0 Å². The number of hydrogen-bond acceptors (Lipinski definition) is 0. The molecule has 0 spiro atoms. The van der Waals surface area contributed by atoms with Gasteiger partial charge in [0.05, 0.1) is 11.2 Å². The first-order valence-corrected chi connectivity index (χ1v) is 9.42. The number of hydrogen-bond donors (Lipinski definition) is 0. The van der Waals surface area contributed by atoms with Gasteiger partial charge < -0.3 is 9.13 Å². The minimum absolute atomic E-state index is 1.06. The molecule has 0 N–H and O–H groups in total. The van der Waals surface area contributed by atoms with Gasteiger partial charge in [-0.05, 0) is 43.3 Å². The van der Waals surface area contributed by atoms with Crippen molar-refractivity contribution in [3.8, 4) is 5.69 Å². The lowest BCUT2D eigenvalue weighted by molar-refractivity contribution is 0.952. The maximum atomic E-state index is 4.06. The first-order chi connectivity index (χ1) is 13.7. The van der Waals surface area contributed by atoms with E-state index in [1.54, 1.807) is 0 Å². The van der Waals surface area contributed by atoms with Gasteiger partial charge in [-0.1, -0.05) is 56.2 Å². The molecular weight excluding hydrogens is 340 g/mol. The van der Waals surface area contributed by atoms with E-state index in [0.717, 1.165) is 33.7 Å².